The van der Waals surface area contributed by atoms with Gasteiger partial charge in [-0.25, -0.2) is 0 Å². The third kappa shape index (κ3) is 3.85. The minimum atomic E-state index is 0.143. The van der Waals surface area contributed by atoms with E-state index in [4.69, 9.17) is 10.4 Å². The molecule has 0 saturated carbocycles. The molecule has 3 heteroatoms. The van der Waals surface area contributed by atoms with Gasteiger partial charge in [0.15, 0.2) is 0 Å². The van der Waals surface area contributed by atoms with E-state index < -0.39 is 0 Å². The van der Waals surface area contributed by atoms with Gasteiger partial charge in [-0.15, -0.1) is 6.58 Å². The number of nitriles is 1. The number of aliphatic hydroxyl groups is 1. The topological polar surface area (TPSA) is 47.3 Å². The van der Waals surface area contributed by atoms with E-state index in [0.29, 0.717) is 12.1 Å². The first kappa shape index (κ1) is 12.4. The third-order valence-electron chi connectivity index (χ3n) is 2.29. The quantitative estimate of drug-likeness (QED) is 0.734. The van der Waals surface area contributed by atoms with Gasteiger partial charge in [0.25, 0.3) is 0 Å². The molecule has 0 atom stereocenters. The Morgan fingerprint density at radius 3 is 2.56 bits per heavy atom. The number of hydrogen-bond donors (Lipinski definition) is 1. The van der Waals surface area contributed by atoms with Crippen molar-refractivity contribution in [3.05, 3.63) is 48.0 Å². The van der Waals surface area contributed by atoms with Gasteiger partial charge in [-0.1, -0.05) is 18.2 Å². The van der Waals surface area contributed by atoms with Crippen LogP contribution in [-0.2, 0) is 6.54 Å². The summed E-state index contributed by atoms with van der Waals surface area (Å²) in [4.78, 5) is 2.09. The Morgan fingerprint density at radius 1 is 1.38 bits per heavy atom. The highest BCUT2D eigenvalue weighted by molar-refractivity contribution is 5.31. The predicted octanol–water partition coefficient (Wildman–Crippen LogP) is 1.54. The Balaban J connectivity index is 2.62. The molecule has 0 bridgehead atoms. The summed E-state index contributed by atoms with van der Waals surface area (Å²) in [7, 11) is 0. The van der Waals surface area contributed by atoms with Crippen LogP contribution in [0.4, 0.5) is 0 Å². The number of rotatable bonds is 6. The highest BCUT2D eigenvalue weighted by atomic mass is 16.3. The second-order valence-corrected chi connectivity index (χ2v) is 3.56. The molecule has 0 fully saturated rings. The summed E-state index contributed by atoms with van der Waals surface area (Å²) in [5.74, 6) is 0. The van der Waals surface area contributed by atoms with Crippen molar-refractivity contribution < 1.29 is 5.11 Å². The van der Waals surface area contributed by atoms with E-state index in [1.165, 1.54) is 0 Å². The highest BCUT2D eigenvalue weighted by Gasteiger charge is 2.03. The van der Waals surface area contributed by atoms with Gasteiger partial charge in [0.2, 0.25) is 0 Å². The normalized spacial score (nSPS) is 10.1. The van der Waals surface area contributed by atoms with E-state index in [2.05, 4.69) is 17.5 Å². The summed E-state index contributed by atoms with van der Waals surface area (Å²) in [5.41, 5.74) is 1.80. The van der Waals surface area contributed by atoms with Crippen LogP contribution < -0.4 is 0 Å². The lowest BCUT2D eigenvalue weighted by molar-refractivity contribution is 0.203. The minimum absolute atomic E-state index is 0.143. The Kier molecular flexibility index (Phi) is 5.27. The van der Waals surface area contributed by atoms with Crippen LogP contribution in [0, 0.1) is 11.3 Å². The molecule has 0 spiro atoms. The van der Waals surface area contributed by atoms with Gasteiger partial charge in [0.05, 0.1) is 18.2 Å². The smallest absolute Gasteiger partial charge is 0.0991 e. The predicted molar refractivity (Wildman–Crippen MR) is 63.7 cm³/mol. The standard InChI is InChI=1S/C13H16N2O/c1-2-7-15(8-9-16)11-13-5-3-12(10-14)4-6-13/h2-6,16H,1,7-9,11H2. The first-order valence-corrected chi connectivity index (χ1v) is 5.23. The van der Waals surface area contributed by atoms with Crippen molar-refractivity contribution in [1.29, 1.82) is 5.26 Å². The largest absolute Gasteiger partial charge is 0.395 e. The zero-order valence-electron chi connectivity index (χ0n) is 9.26. The summed E-state index contributed by atoms with van der Waals surface area (Å²) in [6, 6.07) is 9.57. The summed E-state index contributed by atoms with van der Waals surface area (Å²) in [6.45, 7) is 5.97. The summed E-state index contributed by atoms with van der Waals surface area (Å²) < 4.78 is 0. The summed E-state index contributed by atoms with van der Waals surface area (Å²) >= 11 is 0. The summed E-state index contributed by atoms with van der Waals surface area (Å²) in [6.07, 6.45) is 1.82. The van der Waals surface area contributed by atoms with Crippen LogP contribution in [0.3, 0.4) is 0 Å². The van der Waals surface area contributed by atoms with Gasteiger partial charge in [-0.05, 0) is 17.7 Å². The molecule has 0 aliphatic heterocycles. The van der Waals surface area contributed by atoms with Crippen molar-refractivity contribution in [3.63, 3.8) is 0 Å². The van der Waals surface area contributed by atoms with Gasteiger partial charge in [-0.3, -0.25) is 4.90 Å². The van der Waals surface area contributed by atoms with E-state index in [9.17, 15) is 0 Å². The van der Waals surface area contributed by atoms with E-state index >= 15 is 0 Å². The fraction of sp³-hybridized carbons (Fsp3) is 0.308. The van der Waals surface area contributed by atoms with Crippen molar-refractivity contribution in [3.8, 4) is 6.07 Å². The fourth-order valence-corrected chi connectivity index (χ4v) is 1.50. The SMILES string of the molecule is C=CCN(CCO)Cc1ccc(C#N)cc1. The molecule has 1 rings (SSSR count). The van der Waals surface area contributed by atoms with Gasteiger partial charge in [-0.2, -0.15) is 5.26 Å². The van der Waals surface area contributed by atoms with Crippen molar-refractivity contribution in [2.75, 3.05) is 19.7 Å². The van der Waals surface area contributed by atoms with Crippen LogP contribution in [-0.4, -0.2) is 29.7 Å². The molecule has 84 valence electrons. The van der Waals surface area contributed by atoms with Gasteiger partial charge in [0, 0.05) is 19.6 Å². The molecule has 0 aromatic heterocycles. The van der Waals surface area contributed by atoms with Crippen LogP contribution >= 0.6 is 0 Å². The molecule has 0 heterocycles. The van der Waals surface area contributed by atoms with E-state index in [-0.39, 0.29) is 6.61 Å². The molecular weight excluding hydrogens is 200 g/mol. The minimum Gasteiger partial charge on any atom is -0.395 e. The molecule has 1 aromatic carbocycles. The first-order valence-electron chi connectivity index (χ1n) is 5.23. The Bertz CT molecular complexity index is 365. The van der Waals surface area contributed by atoms with Crippen molar-refractivity contribution in [2.24, 2.45) is 0 Å². The fourth-order valence-electron chi connectivity index (χ4n) is 1.50. The van der Waals surface area contributed by atoms with Gasteiger partial charge >= 0.3 is 0 Å². The molecule has 1 N–H and O–H groups in total. The second-order valence-electron chi connectivity index (χ2n) is 3.56. The van der Waals surface area contributed by atoms with Crippen molar-refractivity contribution >= 4 is 0 Å². The van der Waals surface area contributed by atoms with Crippen molar-refractivity contribution in [1.82, 2.24) is 4.90 Å². The second kappa shape index (κ2) is 6.78. The van der Waals surface area contributed by atoms with E-state index in [1.807, 2.05) is 18.2 Å². The Hall–Kier alpha value is -1.63. The van der Waals surface area contributed by atoms with E-state index in [0.717, 1.165) is 18.7 Å². The lowest BCUT2D eigenvalue weighted by Gasteiger charge is -2.19. The maximum atomic E-state index is 8.90. The van der Waals surface area contributed by atoms with Gasteiger partial charge in [0.1, 0.15) is 0 Å². The number of hydrogen-bond acceptors (Lipinski definition) is 3. The number of nitrogens with zero attached hydrogens (tertiary/aromatic N) is 2. The Labute approximate surface area is 96.2 Å². The molecule has 0 amide bonds. The molecule has 1 aromatic rings. The Morgan fingerprint density at radius 2 is 2.06 bits per heavy atom. The lowest BCUT2D eigenvalue weighted by atomic mass is 10.1. The number of aliphatic hydroxyl groups excluding tert-OH is 1. The zero-order chi connectivity index (χ0) is 11.8. The average Bonchev–Trinajstić information content (AvgIpc) is 2.31. The number of benzene rings is 1. The first-order chi connectivity index (χ1) is 7.80. The highest BCUT2D eigenvalue weighted by Crippen LogP contribution is 2.06. The molecule has 0 aliphatic carbocycles. The van der Waals surface area contributed by atoms with Crippen molar-refractivity contribution in [2.45, 2.75) is 6.54 Å². The molecule has 16 heavy (non-hydrogen) atoms. The molecule has 0 unspecified atom stereocenters. The van der Waals surface area contributed by atoms with Gasteiger partial charge < -0.3 is 5.11 Å². The van der Waals surface area contributed by atoms with E-state index in [1.54, 1.807) is 12.1 Å². The molecular formula is C13H16N2O. The molecule has 3 nitrogen and oxygen atoms in total. The zero-order valence-corrected chi connectivity index (χ0v) is 9.26. The monoisotopic (exact) mass is 216 g/mol. The van der Waals surface area contributed by atoms with Crippen LogP contribution in [0.5, 0.6) is 0 Å². The van der Waals surface area contributed by atoms with Crippen LogP contribution in [0.1, 0.15) is 11.1 Å². The third-order valence-corrected chi connectivity index (χ3v) is 2.29. The maximum Gasteiger partial charge on any atom is 0.0991 e. The maximum absolute atomic E-state index is 8.90. The van der Waals surface area contributed by atoms with Crippen LogP contribution in [0.2, 0.25) is 0 Å². The van der Waals surface area contributed by atoms with Crippen LogP contribution in [0.15, 0.2) is 36.9 Å². The lowest BCUT2D eigenvalue weighted by Crippen LogP contribution is -2.26. The molecule has 0 radical (unpaired) electrons. The molecule has 0 saturated heterocycles. The molecule has 0 aliphatic rings. The van der Waals surface area contributed by atoms with Crippen LogP contribution in [0.25, 0.3) is 0 Å². The summed E-state index contributed by atoms with van der Waals surface area (Å²) in [5, 5.41) is 17.6. The average molecular weight is 216 g/mol.